The zero-order valence-corrected chi connectivity index (χ0v) is 12.8. The third-order valence-corrected chi connectivity index (χ3v) is 4.21. The van der Waals surface area contributed by atoms with Crippen molar-refractivity contribution in [3.8, 4) is 6.07 Å². The van der Waals surface area contributed by atoms with Gasteiger partial charge in [0.1, 0.15) is 6.07 Å². The van der Waals surface area contributed by atoms with Crippen LogP contribution in [-0.2, 0) is 4.74 Å². The van der Waals surface area contributed by atoms with Gasteiger partial charge in [-0.3, -0.25) is 0 Å². The third-order valence-electron chi connectivity index (χ3n) is 4.21. The van der Waals surface area contributed by atoms with E-state index < -0.39 is 0 Å². The standard InChI is InChI=1S/C15H22N6O/c16-11-13-18-14(17-12-5-3-1-2-4-6-12)20-15(19-13)21-7-9-22-10-8-21/h12H,1-10H2,(H,17,18,19,20). The van der Waals surface area contributed by atoms with E-state index in [0.29, 0.717) is 31.2 Å². The Bertz CT molecular complexity index is 529. The summed E-state index contributed by atoms with van der Waals surface area (Å²) in [7, 11) is 0. The fraction of sp³-hybridized carbons (Fsp3) is 0.733. The van der Waals surface area contributed by atoms with Crippen LogP contribution >= 0.6 is 0 Å². The highest BCUT2D eigenvalue weighted by Gasteiger charge is 2.18. The highest BCUT2D eigenvalue weighted by atomic mass is 16.5. The summed E-state index contributed by atoms with van der Waals surface area (Å²) < 4.78 is 5.35. The summed E-state index contributed by atoms with van der Waals surface area (Å²) in [5.41, 5.74) is 0. The summed E-state index contributed by atoms with van der Waals surface area (Å²) in [5.74, 6) is 1.28. The molecule has 2 fully saturated rings. The molecule has 2 aliphatic rings. The van der Waals surface area contributed by atoms with Crippen LogP contribution in [0.2, 0.25) is 0 Å². The van der Waals surface area contributed by atoms with Crippen molar-refractivity contribution in [3.63, 3.8) is 0 Å². The highest BCUT2D eigenvalue weighted by Crippen LogP contribution is 2.20. The van der Waals surface area contributed by atoms with Gasteiger partial charge in [0, 0.05) is 19.1 Å². The van der Waals surface area contributed by atoms with Crippen molar-refractivity contribution in [3.05, 3.63) is 5.82 Å². The second-order valence-corrected chi connectivity index (χ2v) is 5.83. The molecule has 1 aromatic heterocycles. The van der Waals surface area contributed by atoms with Crippen LogP contribution in [0.3, 0.4) is 0 Å². The number of nitrogens with zero attached hydrogens (tertiary/aromatic N) is 5. The van der Waals surface area contributed by atoms with Crippen LogP contribution in [0, 0.1) is 11.3 Å². The Balaban J connectivity index is 1.76. The Morgan fingerprint density at radius 1 is 1.05 bits per heavy atom. The Hall–Kier alpha value is -1.94. The monoisotopic (exact) mass is 302 g/mol. The van der Waals surface area contributed by atoms with Crippen molar-refractivity contribution in [1.82, 2.24) is 15.0 Å². The third kappa shape index (κ3) is 3.83. The molecule has 0 radical (unpaired) electrons. The molecule has 0 aromatic carbocycles. The molecule has 0 bridgehead atoms. The summed E-state index contributed by atoms with van der Waals surface area (Å²) in [6, 6.07) is 2.43. The van der Waals surface area contributed by atoms with E-state index in [4.69, 9.17) is 10.00 Å². The molecule has 1 aliphatic carbocycles. The molecule has 0 spiro atoms. The first-order valence-corrected chi connectivity index (χ1v) is 8.10. The second-order valence-electron chi connectivity index (χ2n) is 5.83. The van der Waals surface area contributed by atoms with E-state index in [0.717, 1.165) is 25.9 Å². The van der Waals surface area contributed by atoms with Crippen molar-refractivity contribution in [1.29, 1.82) is 5.26 Å². The van der Waals surface area contributed by atoms with Crippen LogP contribution in [0.15, 0.2) is 0 Å². The van der Waals surface area contributed by atoms with E-state index in [2.05, 4.69) is 20.3 Å². The van der Waals surface area contributed by atoms with Gasteiger partial charge < -0.3 is 15.0 Å². The first kappa shape index (κ1) is 15.0. The lowest BCUT2D eigenvalue weighted by atomic mass is 10.1. The minimum atomic E-state index is 0.174. The fourth-order valence-corrected chi connectivity index (χ4v) is 2.99. The number of nitrogens with one attached hydrogen (secondary N) is 1. The van der Waals surface area contributed by atoms with Gasteiger partial charge in [-0.05, 0) is 12.8 Å². The fourth-order valence-electron chi connectivity index (χ4n) is 2.99. The summed E-state index contributed by atoms with van der Waals surface area (Å²) in [6.07, 6.45) is 7.37. The van der Waals surface area contributed by atoms with Crippen LogP contribution in [0.1, 0.15) is 44.3 Å². The molecular weight excluding hydrogens is 280 g/mol. The van der Waals surface area contributed by atoms with Gasteiger partial charge in [-0.2, -0.15) is 20.2 Å². The number of rotatable bonds is 3. The van der Waals surface area contributed by atoms with E-state index in [1.165, 1.54) is 25.7 Å². The lowest BCUT2D eigenvalue weighted by Gasteiger charge is -2.27. The molecule has 118 valence electrons. The molecule has 0 atom stereocenters. The second kappa shape index (κ2) is 7.36. The lowest BCUT2D eigenvalue weighted by molar-refractivity contribution is 0.122. The van der Waals surface area contributed by atoms with Crippen LogP contribution < -0.4 is 10.2 Å². The summed E-state index contributed by atoms with van der Waals surface area (Å²) in [6.45, 7) is 2.83. The maximum Gasteiger partial charge on any atom is 0.238 e. The minimum absolute atomic E-state index is 0.174. The zero-order valence-electron chi connectivity index (χ0n) is 12.8. The number of ether oxygens (including phenoxy) is 1. The average Bonchev–Trinajstić information content (AvgIpc) is 2.84. The van der Waals surface area contributed by atoms with Gasteiger partial charge in [0.2, 0.25) is 17.7 Å². The molecule has 1 N–H and O–H groups in total. The number of nitriles is 1. The van der Waals surface area contributed by atoms with Crippen molar-refractivity contribution < 1.29 is 4.74 Å². The Labute approximate surface area is 130 Å². The number of aromatic nitrogens is 3. The first-order chi connectivity index (χ1) is 10.8. The van der Waals surface area contributed by atoms with E-state index in [1.54, 1.807) is 0 Å². The predicted molar refractivity (Wildman–Crippen MR) is 82.7 cm³/mol. The van der Waals surface area contributed by atoms with Crippen molar-refractivity contribution in [2.75, 3.05) is 36.5 Å². The highest BCUT2D eigenvalue weighted by molar-refractivity contribution is 5.40. The van der Waals surface area contributed by atoms with Gasteiger partial charge in [0.05, 0.1) is 13.2 Å². The topological polar surface area (TPSA) is 87.0 Å². The number of hydrogen-bond donors (Lipinski definition) is 1. The van der Waals surface area contributed by atoms with Gasteiger partial charge in [0.25, 0.3) is 0 Å². The van der Waals surface area contributed by atoms with E-state index in [9.17, 15) is 0 Å². The van der Waals surface area contributed by atoms with Crippen molar-refractivity contribution in [2.24, 2.45) is 0 Å². The molecular formula is C15H22N6O. The maximum atomic E-state index is 9.16. The van der Waals surface area contributed by atoms with Crippen LogP contribution in [0.25, 0.3) is 0 Å². The van der Waals surface area contributed by atoms with Gasteiger partial charge in [-0.1, -0.05) is 25.7 Å². The molecule has 1 saturated heterocycles. The van der Waals surface area contributed by atoms with E-state index in [-0.39, 0.29) is 5.82 Å². The van der Waals surface area contributed by atoms with Crippen molar-refractivity contribution >= 4 is 11.9 Å². The SMILES string of the molecule is N#Cc1nc(NC2CCCCCC2)nc(N2CCOCC2)n1. The van der Waals surface area contributed by atoms with Crippen molar-refractivity contribution in [2.45, 2.75) is 44.6 Å². The van der Waals surface area contributed by atoms with Gasteiger partial charge in [-0.15, -0.1) is 0 Å². The Kier molecular flexibility index (Phi) is 5.01. The summed E-state index contributed by atoms with van der Waals surface area (Å²) >= 11 is 0. The van der Waals surface area contributed by atoms with Gasteiger partial charge >= 0.3 is 0 Å². The molecule has 2 heterocycles. The van der Waals surface area contributed by atoms with Crippen LogP contribution in [-0.4, -0.2) is 47.3 Å². The molecule has 7 nitrogen and oxygen atoms in total. The number of hydrogen-bond acceptors (Lipinski definition) is 7. The van der Waals surface area contributed by atoms with Gasteiger partial charge in [0.15, 0.2) is 0 Å². The molecule has 3 rings (SSSR count). The minimum Gasteiger partial charge on any atom is -0.378 e. The first-order valence-electron chi connectivity index (χ1n) is 8.10. The summed E-state index contributed by atoms with van der Waals surface area (Å²) in [5, 5.41) is 12.6. The van der Waals surface area contributed by atoms with E-state index >= 15 is 0 Å². The largest absolute Gasteiger partial charge is 0.378 e. The summed E-state index contributed by atoms with van der Waals surface area (Å²) in [4.78, 5) is 15.0. The van der Waals surface area contributed by atoms with Gasteiger partial charge in [-0.25, -0.2) is 0 Å². The predicted octanol–water partition coefficient (Wildman–Crippen LogP) is 1.71. The molecule has 1 saturated carbocycles. The molecule has 0 unspecified atom stereocenters. The number of anilines is 2. The van der Waals surface area contributed by atoms with E-state index in [1.807, 2.05) is 11.0 Å². The molecule has 22 heavy (non-hydrogen) atoms. The molecule has 0 amide bonds. The maximum absolute atomic E-state index is 9.16. The molecule has 1 aliphatic heterocycles. The normalized spacial score (nSPS) is 20.2. The van der Waals surface area contributed by atoms with Crippen LogP contribution in [0.5, 0.6) is 0 Å². The Morgan fingerprint density at radius 3 is 2.45 bits per heavy atom. The average molecular weight is 302 g/mol. The Morgan fingerprint density at radius 2 is 1.77 bits per heavy atom. The molecule has 1 aromatic rings. The van der Waals surface area contributed by atoms with Crippen LogP contribution in [0.4, 0.5) is 11.9 Å². The quantitative estimate of drug-likeness (QED) is 0.850. The lowest BCUT2D eigenvalue weighted by Crippen LogP contribution is -2.37. The smallest absolute Gasteiger partial charge is 0.238 e. The number of morpholine rings is 1. The molecule has 7 heteroatoms. The zero-order chi connectivity index (χ0) is 15.2.